The zero-order chi connectivity index (χ0) is 14.8. The SMILES string of the molecule is CCCCC(CC)COc1cc(Cl)nc(COCC)n1. The summed E-state index contributed by atoms with van der Waals surface area (Å²) in [6.45, 7) is 8.00. The molecule has 0 aromatic carbocycles. The van der Waals surface area contributed by atoms with E-state index in [2.05, 4.69) is 23.8 Å². The van der Waals surface area contributed by atoms with Crippen molar-refractivity contribution in [2.24, 2.45) is 5.92 Å². The predicted octanol–water partition coefficient (Wildman–Crippen LogP) is 4.26. The predicted molar refractivity (Wildman–Crippen MR) is 81.2 cm³/mol. The Bertz CT molecular complexity index is 388. The Kier molecular flexibility index (Phi) is 8.54. The second-order valence-corrected chi connectivity index (χ2v) is 5.20. The fraction of sp³-hybridized carbons (Fsp3) is 0.733. The lowest BCUT2D eigenvalue weighted by Gasteiger charge is -2.15. The van der Waals surface area contributed by atoms with Crippen LogP contribution in [0.1, 0.15) is 52.3 Å². The monoisotopic (exact) mass is 300 g/mol. The fourth-order valence-electron chi connectivity index (χ4n) is 1.88. The molecule has 5 heteroatoms. The van der Waals surface area contributed by atoms with Gasteiger partial charge in [0.2, 0.25) is 5.88 Å². The third-order valence-electron chi connectivity index (χ3n) is 3.16. The maximum absolute atomic E-state index is 5.98. The number of nitrogens with zero attached hydrogens (tertiary/aromatic N) is 2. The maximum Gasteiger partial charge on any atom is 0.218 e. The number of rotatable bonds is 10. The Morgan fingerprint density at radius 1 is 1.25 bits per heavy atom. The summed E-state index contributed by atoms with van der Waals surface area (Å²) < 4.78 is 11.1. The average molecular weight is 301 g/mol. The third-order valence-corrected chi connectivity index (χ3v) is 3.36. The van der Waals surface area contributed by atoms with Crippen LogP contribution in [0.2, 0.25) is 5.15 Å². The molecule has 4 nitrogen and oxygen atoms in total. The van der Waals surface area contributed by atoms with E-state index < -0.39 is 0 Å². The summed E-state index contributed by atoms with van der Waals surface area (Å²) >= 11 is 5.98. The van der Waals surface area contributed by atoms with Crippen LogP contribution in [0.15, 0.2) is 6.07 Å². The van der Waals surface area contributed by atoms with Crippen molar-refractivity contribution in [1.82, 2.24) is 9.97 Å². The van der Waals surface area contributed by atoms with Crippen LogP contribution in [-0.4, -0.2) is 23.2 Å². The van der Waals surface area contributed by atoms with Crippen molar-refractivity contribution in [3.8, 4) is 5.88 Å². The molecule has 1 aromatic rings. The van der Waals surface area contributed by atoms with Gasteiger partial charge in [0.15, 0.2) is 5.82 Å². The van der Waals surface area contributed by atoms with E-state index in [1.165, 1.54) is 19.3 Å². The van der Waals surface area contributed by atoms with Crippen molar-refractivity contribution in [3.05, 3.63) is 17.0 Å². The van der Waals surface area contributed by atoms with E-state index >= 15 is 0 Å². The molecule has 0 aliphatic carbocycles. The molecule has 1 atom stereocenters. The molecule has 0 fully saturated rings. The first-order valence-corrected chi connectivity index (χ1v) is 7.81. The van der Waals surface area contributed by atoms with Gasteiger partial charge in [0.05, 0.1) is 6.61 Å². The first kappa shape index (κ1) is 17.2. The molecule has 0 amide bonds. The summed E-state index contributed by atoms with van der Waals surface area (Å²) in [5, 5.41) is 0.395. The molecule has 0 radical (unpaired) electrons. The zero-order valence-corrected chi connectivity index (χ0v) is 13.4. The molecule has 0 bridgehead atoms. The van der Waals surface area contributed by atoms with E-state index in [4.69, 9.17) is 21.1 Å². The lowest BCUT2D eigenvalue weighted by atomic mass is 10.0. The second-order valence-electron chi connectivity index (χ2n) is 4.81. The Morgan fingerprint density at radius 3 is 2.70 bits per heavy atom. The second kappa shape index (κ2) is 9.94. The first-order valence-electron chi connectivity index (χ1n) is 7.43. The highest BCUT2D eigenvalue weighted by Gasteiger charge is 2.09. The van der Waals surface area contributed by atoms with Crippen molar-refractivity contribution in [3.63, 3.8) is 0 Å². The van der Waals surface area contributed by atoms with Crippen LogP contribution in [0.3, 0.4) is 0 Å². The molecular formula is C15H25ClN2O2. The number of halogens is 1. The van der Waals surface area contributed by atoms with Crippen molar-refractivity contribution in [1.29, 1.82) is 0 Å². The minimum absolute atomic E-state index is 0.362. The molecule has 1 rings (SSSR count). The molecule has 0 saturated carbocycles. The van der Waals surface area contributed by atoms with Crippen molar-refractivity contribution < 1.29 is 9.47 Å². The molecule has 114 valence electrons. The molecule has 0 N–H and O–H groups in total. The van der Waals surface area contributed by atoms with E-state index in [0.717, 1.165) is 6.42 Å². The number of aromatic nitrogens is 2. The van der Waals surface area contributed by atoms with E-state index in [1.54, 1.807) is 6.07 Å². The Balaban J connectivity index is 2.55. The van der Waals surface area contributed by atoms with Crippen LogP contribution in [0, 0.1) is 5.92 Å². The number of hydrogen-bond donors (Lipinski definition) is 0. The van der Waals surface area contributed by atoms with Crippen molar-refractivity contribution in [2.75, 3.05) is 13.2 Å². The number of hydrogen-bond acceptors (Lipinski definition) is 4. The van der Waals surface area contributed by atoms with Gasteiger partial charge in [0, 0.05) is 12.7 Å². The molecule has 1 aromatic heterocycles. The van der Waals surface area contributed by atoms with E-state index in [9.17, 15) is 0 Å². The Hall–Kier alpha value is -0.870. The highest BCUT2D eigenvalue weighted by molar-refractivity contribution is 6.29. The largest absolute Gasteiger partial charge is 0.477 e. The molecular weight excluding hydrogens is 276 g/mol. The summed E-state index contributed by atoms with van der Waals surface area (Å²) in [5.41, 5.74) is 0. The van der Waals surface area contributed by atoms with Gasteiger partial charge >= 0.3 is 0 Å². The Labute approximate surface area is 126 Å². The lowest BCUT2D eigenvalue weighted by molar-refractivity contribution is 0.127. The van der Waals surface area contributed by atoms with Crippen LogP contribution < -0.4 is 4.74 Å². The molecule has 1 unspecified atom stereocenters. The smallest absolute Gasteiger partial charge is 0.218 e. The number of unbranched alkanes of at least 4 members (excludes halogenated alkanes) is 1. The standard InChI is InChI=1S/C15H25ClN2O2/c1-4-7-8-12(5-2)10-20-15-9-13(16)17-14(18-15)11-19-6-3/h9,12H,4-8,10-11H2,1-3H3. The Morgan fingerprint density at radius 2 is 2.05 bits per heavy atom. The fourth-order valence-corrected chi connectivity index (χ4v) is 2.07. The van der Waals surface area contributed by atoms with Gasteiger partial charge in [-0.2, -0.15) is 4.98 Å². The van der Waals surface area contributed by atoms with Gasteiger partial charge in [-0.05, 0) is 19.3 Å². The van der Waals surface area contributed by atoms with E-state index in [-0.39, 0.29) is 0 Å². The first-order chi connectivity index (χ1) is 9.69. The summed E-state index contributed by atoms with van der Waals surface area (Å²) in [4.78, 5) is 8.43. The molecule has 0 spiro atoms. The molecule has 20 heavy (non-hydrogen) atoms. The minimum atomic E-state index is 0.362. The summed E-state index contributed by atoms with van der Waals surface area (Å²) in [7, 11) is 0. The molecule has 0 saturated heterocycles. The zero-order valence-electron chi connectivity index (χ0n) is 12.7. The van der Waals surface area contributed by atoms with Gasteiger partial charge in [0.1, 0.15) is 11.8 Å². The van der Waals surface area contributed by atoms with Crippen LogP contribution >= 0.6 is 11.6 Å². The van der Waals surface area contributed by atoms with Gasteiger partial charge in [-0.1, -0.05) is 44.7 Å². The molecule has 1 heterocycles. The highest BCUT2D eigenvalue weighted by atomic mass is 35.5. The van der Waals surface area contributed by atoms with Gasteiger partial charge in [-0.3, -0.25) is 0 Å². The van der Waals surface area contributed by atoms with Crippen LogP contribution in [0.4, 0.5) is 0 Å². The molecule has 0 aliphatic heterocycles. The van der Waals surface area contributed by atoms with Gasteiger partial charge in [0.25, 0.3) is 0 Å². The van der Waals surface area contributed by atoms with Gasteiger partial charge in [-0.15, -0.1) is 0 Å². The third kappa shape index (κ3) is 6.53. The van der Waals surface area contributed by atoms with Crippen molar-refractivity contribution in [2.45, 2.75) is 53.1 Å². The molecule has 0 aliphatic rings. The van der Waals surface area contributed by atoms with E-state index in [1.807, 2.05) is 6.92 Å². The maximum atomic E-state index is 5.98. The van der Waals surface area contributed by atoms with Crippen LogP contribution in [0.25, 0.3) is 0 Å². The van der Waals surface area contributed by atoms with Gasteiger partial charge in [-0.25, -0.2) is 4.98 Å². The highest BCUT2D eigenvalue weighted by Crippen LogP contribution is 2.18. The average Bonchev–Trinajstić information content (AvgIpc) is 2.45. The topological polar surface area (TPSA) is 44.2 Å². The summed E-state index contributed by atoms with van der Waals surface area (Å²) in [6.07, 6.45) is 4.76. The normalized spacial score (nSPS) is 12.4. The van der Waals surface area contributed by atoms with Gasteiger partial charge < -0.3 is 9.47 Å². The minimum Gasteiger partial charge on any atom is -0.477 e. The summed E-state index contributed by atoms with van der Waals surface area (Å²) in [6, 6.07) is 1.66. The van der Waals surface area contributed by atoms with E-state index in [0.29, 0.717) is 42.6 Å². The van der Waals surface area contributed by atoms with Crippen LogP contribution in [-0.2, 0) is 11.3 Å². The van der Waals surface area contributed by atoms with Crippen LogP contribution in [0.5, 0.6) is 5.88 Å². The quantitative estimate of drug-likeness (QED) is 0.606. The lowest BCUT2D eigenvalue weighted by Crippen LogP contribution is -2.12. The van der Waals surface area contributed by atoms with Crippen molar-refractivity contribution >= 4 is 11.6 Å². The summed E-state index contributed by atoms with van der Waals surface area (Å²) in [5.74, 6) is 1.67. The number of ether oxygens (including phenoxy) is 2.